The van der Waals surface area contributed by atoms with Crippen LogP contribution in [0.3, 0.4) is 0 Å². The van der Waals surface area contributed by atoms with E-state index in [2.05, 4.69) is 25.9 Å². The number of aromatic nitrogens is 3. The molecule has 4 aromatic rings. The maximum Gasteiger partial charge on any atom is 0.298 e. The largest absolute Gasteiger partial charge is 0.476 e. The second kappa shape index (κ2) is 14.9. The number of benzene rings is 2. The Morgan fingerprint density at radius 3 is 2.63 bits per heavy atom. The number of anilines is 2. The number of nitriles is 1. The first-order chi connectivity index (χ1) is 22.1. The summed E-state index contributed by atoms with van der Waals surface area (Å²) in [5.41, 5.74) is 6.75. The molecule has 0 saturated heterocycles. The fourth-order valence-corrected chi connectivity index (χ4v) is 4.55. The third-order valence-electron chi connectivity index (χ3n) is 6.85. The highest BCUT2D eigenvalue weighted by atomic mass is 19.2. The Kier molecular flexibility index (Phi) is 10.8. The number of carbonyl (C=O) groups is 3. The van der Waals surface area contributed by atoms with Crippen molar-refractivity contribution < 1.29 is 37.7 Å². The van der Waals surface area contributed by atoms with Gasteiger partial charge in [0.05, 0.1) is 23.7 Å². The Hall–Kier alpha value is -5.66. The summed E-state index contributed by atoms with van der Waals surface area (Å²) in [5.74, 6) is -3.70. The number of amides is 2. The van der Waals surface area contributed by atoms with Gasteiger partial charge in [-0.2, -0.15) is 9.65 Å². The van der Waals surface area contributed by atoms with Gasteiger partial charge in [-0.15, -0.1) is 0 Å². The number of aliphatic hydroxyl groups excluding tert-OH is 1. The van der Waals surface area contributed by atoms with Gasteiger partial charge in [0.15, 0.2) is 35.4 Å². The van der Waals surface area contributed by atoms with Gasteiger partial charge in [0, 0.05) is 42.2 Å². The van der Waals surface area contributed by atoms with Crippen molar-refractivity contribution in [2.45, 2.75) is 32.4 Å². The number of aliphatic hydroxyl groups is 1. The summed E-state index contributed by atoms with van der Waals surface area (Å²) in [6, 6.07) is 6.11. The van der Waals surface area contributed by atoms with Crippen molar-refractivity contribution in [2.24, 2.45) is 5.73 Å². The lowest BCUT2D eigenvalue weighted by molar-refractivity contribution is -0.124. The van der Waals surface area contributed by atoms with E-state index in [0.29, 0.717) is 5.56 Å². The molecule has 46 heavy (non-hydrogen) atoms. The minimum Gasteiger partial charge on any atom is -0.476 e. The number of hydrogen-bond acceptors (Lipinski definition) is 11. The second-order valence-corrected chi connectivity index (χ2v) is 9.77. The van der Waals surface area contributed by atoms with Crippen molar-refractivity contribution in [2.75, 3.05) is 25.0 Å². The maximum absolute atomic E-state index is 15.0. The van der Waals surface area contributed by atoms with Crippen LogP contribution >= 0.6 is 0 Å². The molecule has 0 spiro atoms. The second-order valence-electron chi connectivity index (χ2n) is 9.77. The molecule has 2 heterocycles. The zero-order valence-corrected chi connectivity index (χ0v) is 24.7. The third-order valence-corrected chi connectivity index (χ3v) is 6.85. The average Bonchev–Trinajstić information content (AvgIpc) is 3.48. The molecule has 2 aromatic carbocycles. The molecule has 2 atom stereocenters. The number of ether oxygens (including phenoxy) is 2. The number of nitrogens with two attached hydrogens (primary N) is 1. The molecule has 0 aliphatic heterocycles. The van der Waals surface area contributed by atoms with Crippen molar-refractivity contribution >= 4 is 35.4 Å². The van der Waals surface area contributed by atoms with Crippen LogP contribution < -0.4 is 31.2 Å². The predicted molar refractivity (Wildman–Crippen MR) is 160 cm³/mol. The quantitative estimate of drug-likeness (QED) is 0.0999. The molecule has 16 heteroatoms. The average molecular weight is 637 g/mol. The SMILES string of the molecule is CCc1c(C(=O)NCCNC(=O)[C@@H](N)[C@@H](C)O)ccc(Nc2nccn3c(-c4ccc(OCC#N)c(F)c4F)cnc23)c1OC=O. The van der Waals surface area contributed by atoms with E-state index in [1.165, 1.54) is 54.2 Å². The first kappa shape index (κ1) is 33.2. The first-order valence-electron chi connectivity index (χ1n) is 14.0. The van der Waals surface area contributed by atoms with Gasteiger partial charge in [0.25, 0.3) is 12.4 Å². The molecule has 0 aliphatic carbocycles. The predicted octanol–water partition coefficient (Wildman–Crippen LogP) is 1.97. The Morgan fingerprint density at radius 1 is 1.17 bits per heavy atom. The van der Waals surface area contributed by atoms with E-state index in [0.717, 1.165) is 0 Å². The van der Waals surface area contributed by atoms with Gasteiger partial charge in [-0.05, 0) is 37.6 Å². The number of nitrogens with one attached hydrogen (secondary N) is 3. The van der Waals surface area contributed by atoms with Gasteiger partial charge in [0.1, 0.15) is 12.1 Å². The first-order valence-corrected chi connectivity index (χ1v) is 14.0. The number of carbonyl (C=O) groups excluding carboxylic acids is 3. The molecule has 0 radical (unpaired) electrons. The monoisotopic (exact) mass is 636 g/mol. The molecule has 0 aliphatic rings. The summed E-state index contributed by atoms with van der Waals surface area (Å²) in [7, 11) is 0. The molecule has 2 amide bonds. The van der Waals surface area contributed by atoms with Crippen molar-refractivity contribution in [3.05, 3.63) is 65.6 Å². The Labute approximate surface area is 261 Å². The lowest BCUT2D eigenvalue weighted by Crippen LogP contribution is -2.48. The number of nitrogens with zero attached hydrogens (tertiary/aromatic N) is 4. The Balaban J connectivity index is 1.59. The molecule has 0 saturated carbocycles. The van der Waals surface area contributed by atoms with Crippen molar-refractivity contribution in [1.82, 2.24) is 25.0 Å². The van der Waals surface area contributed by atoms with E-state index in [1.54, 1.807) is 13.0 Å². The Morgan fingerprint density at radius 2 is 1.93 bits per heavy atom. The van der Waals surface area contributed by atoms with E-state index in [-0.39, 0.29) is 65.7 Å². The van der Waals surface area contributed by atoms with Gasteiger partial charge >= 0.3 is 0 Å². The fraction of sp³-hybridized carbons (Fsp3) is 0.267. The summed E-state index contributed by atoms with van der Waals surface area (Å²) in [6.07, 6.45) is 3.46. The molecule has 0 unspecified atom stereocenters. The molecule has 6 N–H and O–H groups in total. The topological polar surface area (TPSA) is 206 Å². The summed E-state index contributed by atoms with van der Waals surface area (Å²) in [5, 5.41) is 26.3. The van der Waals surface area contributed by atoms with Crippen LogP contribution in [-0.4, -0.2) is 69.6 Å². The molecule has 2 aromatic heterocycles. The van der Waals surface area contributed by atoms with Crippen LogP contribution in [0.2, 0.25) is 0 Å². The highest BCUT2D eigenvalue weighted by molar-refractivity contribution is 5.98. The van der Waals surface area contributed by atoms with E-state index in [9.17, 15) is 23.9 Å². The normalized spacial score (nSPS) is 12.1. The number of imidazole rings is 1. The van der Waals surface area contributed by atoms with Gasteiger partial charge in [-0.25, -0.2) is 14.4 Å². The van der Waals surface area contributed by atoms with Crippen LogP contribution in [0, 0.1) is 23.0 Å². The van der Waals surface area contributed by atoms with E-state index >= 15 is 4.39 Å². The van der Waals surface area contributed by atoms with Crippen LogP contribution in [0.5, 0.6) is 11.5 Å². The highest BCUT2D eigenvalue weighted by Crippen LogP contribution is 2.36. The van der Waals surface area contributed by atoms with Crippen molar-refractivity contribution in [3.8, 4) is 28.8 Å². The number of hydrogen-bond donors (Lipinski definition) is 5. The lowest BCUT2D eigenvalue weighted by atomic mass is 10.0. The fourth-order valence-electron chi connectivity index (χ4n) is 4.55. The van der Waals surface area contributed by atoms with Gasteiger partial charge in [-0.3, -0.25) is 18.8 Å². The van der Waals surface area contributed by atoms with Crippen LogP contribution in [0.4, 0.5) is 20.3 Å². The van der Waals surface area contributed by atoms with Crippen LogP contribution in [-0.2, 0) is 16.0 Å². The molecule has 0 fully saturated rings. The Bertz CT molecular complexity index is 1810. The zero-order chi connectivity index (χ0) is 33.4. The lowest BCUT2D eigenvalue weighted by Gasteiger charge is -2.17. The van der Waals surface area contributed by atoms with E-state index in [1.807, 2.05) is 0 Å². The summed E-state index contributed by atoms with van der Waals surface area (Å²) < 4.78 is 41.3. The maximum atomic E-state index is 15.0. The molecule has 240 valence electrons. The molecular weight excluding hydrogens is 606 g/mol. The van der Waals surface area contributed by atoms with Crippen LogP contribution in [0.1, 0.15) is 29.8 Å². The molecule has 14 nitrogen and oxygen atoms in total. The minimum absolute atomic E-state index is 0.0537. The van der Waals surface area contributed by atoms with Gasteiger partial charge in [-0.1, -0.05) is 6.92 Å². The standard InChI is InChI=1S/C30H30F2N8O6/c1-3-17-18(29(43)36-9-10-37-30(44)25(34)16(2)42)4-6-20(26(17)46-15-41)39-27-28-38-14-21(40(28)12-11-35-27)19-5-7-22(45-13-8-33)24(32)23(19)31/h4-7,11-12,14-16,25,42H,3,9-10,13,34H2,1-2H3,(H,35,39)(H,36,43)(H,37,44)/t16-,25+/m1/s1. The number of halogens is 2. The third kappa shape index (κ3) is 7.01. The zero-order valence-electron chi connectivity index (χ0n) is 24.7. The smallest absolute Gasteiger partial charge is 0.298 e. The van der Waals surface area contributed by atoms with Crippen molar-refractivity contribution in [1.29, 1.82) is 5.26 Å². The van der Waals surface area contributed by atoms with Crippen molar-refractivity contribution in [3.63, 3.8) is 0 Å². The summed E-state index contributed by atoms with van der Waals surface area (Å²) in [6.45, 7) is 3.02. The van der Waals surface area contributed by atoms with E-state index < -0.39 is 48.0 Å². The van der Waals surface area contributed by atoms with Gasteiger partial charge < -0.3 is 36.3 Å². The minimum atomic E-state index is -1.26. The highest BCUT2D eigenvalue weighted by Gasteiger charge is 2.23. The number of fused-ring (bicyclic) bond motifs is 1. The van der Waals surface area contributed by atoms with Gasteiger partial charge in [0.2, 0.25) is 11.7 Å². The molecule has 4 rings (SSSR count). The molecular formula is C30H30F2N8O6. The summed E-state index contributed by atoms with van der Waals surface area (Å²) >= 11 is 0. The molecule has 0 bridgehead atoms. The van der Waals surface area contributed by atoms with E-state index in [4.69, 9.17) is 20.5 Å². The van der Waals surface area contributed by atoms with Crippen LogP contribution in [0.15, 0.2) is 42.9 Å². The van der Waals surface area contributed by atoms with Crippen LogP contribution in [0.25, 0.3) is 16.9 Å². The number of rotatable bonds is 14. The summed E-state index contributed by atoms with van der Waals surface area (Å²) in [4.78, 5) is 45.0.